The molecule has 1 N–H and O–H groups in total. The third-order valence-corrected chi connectivity index (χ3v) is 3.53. The number of allylic oxidation sites excluding steroid dienone is 2. The van der Waals surface area contributed by atoms with E-state index in [4.69, 9.17) is 0 Å². The van der Waals surface area contributed by atoms with Crippen molar-refractivity contribution in [2.45, 2.75) is 25.8 Å². The van der Waals surface area contributed by atoms with Crippen molar-refractivity contribution in [1.29, 1.82) is 0 Å². The molecule has 1 saturated carbocycles. The Kier molecular flexibility index (Phi) is 2.99. The summed E-state index contributed by atoms with van der Waals surface area (Å²) in [4.78, 5) is 23.1. The number of amides is 1. The molecule has 0 spiro atoms. The summed E-state index contributed by atoms with van der Waals surface area (Å²) in [7, 11) is 1.32. The Balaban J connectivity index is 1.89. The smallest absolute Gasteiger partial charge is 0.328 e. The van der Waals surface area contributed by atoms with Crippen molar-refractivity contribution in [3.8, 4) is 0 Å². The number of rotatable bonds is 3. The molecule has 0 aromatic heterocycles. The number of nitrogens with one attached hydrogen (secondary N) is 1. The van der Waals surface area contributed by atoms with Crippen LogP contribution in [0.5, 0.6) is 0 Å². The number of carbonyl (C=O) groups is 2. The molecule has 2 aliphatic carbocycles. The largest absolute Gasteiger partial charge is 0.467 e. The molecule has 2 rings (SSSR count). The third kappa shape index (κ3) is 1.96. The summed E-state index contributed by atoms with van der Waals surface area (Å²) in [5.74, 6) is 0.563. The monoisotopic (exact) mass is 223 g/mol. The molecule has 0 aromatic rings. The first-order valence-electron chi connectivity index (χ1n) is 5.68. The summed E-state index contributed by atoms with van der Waals surface area (Å²) < 4.78 is 4.57. The van der Waals surface area contributed by atoms with Crippen molar-refractivity contribution < 1.29 is 14.3 Å². The number of ether oxygens (including phenoxy) is 1. The zero-order chi connectivity index (χ0) is 11.7. The van der Waals surface area contributed by atoms with Gasteiger partial charge in [-0.05, 0) is 31.6 Å². The standard InChI is InChI=1S/C12H17NO3/c1-7(12(15)16-2)13-11(14)10-6-8-3-4-9(10)5-8/h3-4,7-10H,5-6H2,1-2H3,(H,13,14)/t7-,8+,9-,10-/m0/s1. The molecule has 16 heavy (non-hydrogen) atoms. The summed E-state index contributed by atoms with van der Waals surface area (Å²) in [6.07, 6.45) is 6.32. The van der Waals surface area contributed by atoms with Crippen molar-refractivity contribution in [3.05, 3.63) is 12.2 Å². The summed E-state index contributed by atoms with van der Waals surface area (Å²) in [6.45, 7) is 1.65. The minimum absolute atomic E-state index is 0.0187. The highest BCUT2D eigenvalue weighted by Gasteiger charge is 2.40. The van der Waals surface area contributed by atoms with Crippen LogP contribution in [0.25, 0.3) is 0 Å². The Morgan fingerprint density at radius 2 is 2.12 bits per heavy atom. The molecule has 0 heterocycles. The SMILES string of the molecule is COC(=O)[C@H](C)NC(=O)[C@H]1C[C@@H]2C=C[C@H]1C2. The van der Waals surface area contributed by atoms with E-state index in [1.165, 1.54) is 7.11 Å². The van der Waals surface area contributed by atoms with Gasteiger partial charge in [-0.1, -0.05) is 12.2 Å². The average molecular weight is 223 g/mol. The predicted molar refractivity (Wildman–Crippen MR) is 58.5 cm³/mol. The summed E-state index contributed by atoms with van der Waals surface area (Å²) in [5, 5.41) is 2.71. The van der Waals surface area contributed by atoms with Crippen molar-refractivity contribution in [1.82, 2.24) is 5.32 Å². The van der Waals surface area contributed by atoms with Gasteiger partial charge < -0.3 is 10.1 Å². The first-order chi connectivity index (χ1) is 7.61. The highest BCUT2D eigenvalue weighted by molar-refractivity contribution is 5.86. The predicted octanol–water partition coefficient (Wildman–Crippen LogP) is 0.876. The van der Waals surface area contributed by atoms with E-state index < -0.39 is 12.0 Å². The number of hydrogen-bond donors (Lipinski definition) is 1. The Labute approximate surface area is 95.0 Å². The molecular formula is C12H17NO3. The second kappa shape index (κ2) is 4.28. The van der Waals surface area contributed by atoms with Gasteiger partial charge in [0.15, 0.2) is 0 Å². The van der Waals surface area contributed by atoms with E-state index in [1.54, 1.807) is 6.92 Å². The van der Waals surface area contributed by atoms with Crippen molar-refractivity contribution in [2.24, 2.45) is 17.8 Å². The van der Waals surface area contributed by atoms with Gasteiger partial charge in [0.05, 0.1) is 7.11 Å². The van der Waals surface area contributed by atoms with Gasteiger partial charge in [-0.15, -0.1) is 0 Å². The molecule has 4 nitrogen and oxygen atoms in total. The van der Waals surface area contributed by atoms with Gasteiger partial charge in [-0.3, -0.25) is 4.79 Å². The fourth-order valence-electron chi connectivity index (χ4n) is 2.64. The third-order valence-electron chi connectivity index (χ3n) is 3.53. The molecule has 2 aliphatic rings. The number of carbonyl (C=O) groups excluding carboxylic acids is 2. The highest BCUT2D eigenvalue weighted by atomic mass is 16.5. The zero-order valence-corrected chi connectivity index (χ0v) is 9.60. The zero-order valence-electron chi connectivity index (χ0n) is 9.60. The second-order valence-corrected chi connectivity index (χ2v) is 4.64. The maximum absolute atomic E-state index is 11.9. The van der Waals surface area contributed by atoms with Gasteiger partial charge in [0.25, 0.3) is 0 Å². The highest BCUT2D eigenvalue weighted by Crippen LogP contribution is 2.43. The topological polar surface area (TPSA) is 55.4 Å². The Hall–Kier alpha value is -1.32. The number of esters is 1. The lowest BCUT2D eigenvalue weighted by molar-refractivity contribution is -0.145. The van der Waals surface area contributed by atoms with Crippen LogP contribution in [0.3, 0.4) is 0 Å². The van der Waals surface area contributed by atoms with E-state index in [-0.39, 0.29) is 11.8 Å². The first-order valence-corrected chi connectivity index (χ1v) is 5.68. The van der Waals surface area contributed by atoms with Crippen LogP contribution in [0.15, 0.2) is 12.2 Å². The molecule has 0 radical (unpaired) electrons. The quantitative estimate of drug-likeness (QED) is 0.570. The van der Waals surface area contributed by atoms with E-state index in [0.29, 0.717) is 11.8 Å². The lowest BCUT2D eigenvalue weighted by atomic mass is 9.92. The van der Waals surface area contributed by atoms with Crippen molar-refractivity contribution >= 4 is 11.9 Å². The van der Waals surface area contributed by atoms with Crippen molar-refractivity contribution in [3.63, 3.8) is 0 Å². The van der Waals surface area contributed by atoms with Gasteiger partial charge in [0.1, 0.15) is 6.04 Å². The number of methoxy groups -OCH3 is 1. The van der Waals surface area contributed by atoms with Crippen molar-refractivity contribution in [2.75, 3.05) is 7.11 Å². The van der Waals surface area contributed by atoms with Gasteiger partial charge in [0.2, 0.25) is 5.91 Å². The van der Waals surface area contributed by atoms with Gasteiger partial charge >= 0.3 is 5.97 Å². The van der Waals surface area contributed by atoms with E-state index in [2.05, 4.69) is 22.2 Å². The number of fused-ring (bicyclic) bond motifs is 2. The summed E-state index contributed by atoms with van der Waals surface area (Å²) >= 11 is 0. The van der Waals surface area contributed by atoms with Gasteiger partial charge in [-0.25, -0.2) is 4.79 Å². The van der Waals surface area contributed by atoms with Gasteiger partial charge in [-0.2, -0.15) is 0 Å². The van der Waals surface area contributed by atoms with Crippen LogP contribution in [-0.4, -0.2) is 25.0 Å². The molecule has 88 valence electrons. The molecule has 0 unspecified atom stereocenters. The Morgan fingerprint density at radius 1 is 1.38 bits per heavy atom. The first kappa shape index (κ1) is 11.2. The lowest BCUT2D eigenvalue weighted by Crippen LogP contribution is -2.43. The molecule has 0 aliphatic heterocycles. The van der Waals surface area contributed by atoms with Crippen LogP contribution < -0.4 is 5.32 Å². The minimum Gasteiger partial charge on any atom is -0.467 e. The van der Waals surface area contributed by atoms with Crippen LogP contribution in [0, 0.1) is 17.8 Å². The molecule has 4 heteroatoms. The Bertz CT molecular complexity index is 337. The fraction of sp³-hybridized carbons (Fsp3) is 0.667. The van der Waals surface area contributed by atoms with E-state index in [0.717, 1.165) is 12.8 Å². The Morgan fingerprint density at radius 3 is 2.62 bits per heavy atom. The van der Waals surface area contributed by atoms with Crippen LogP contribution in [-0.2, 0) is 14.3 Å². The lowest BCUT2D eigenvalue weighted by Gasteiger charge is -2.19. The fourth-order valence-corrected chi connectivity index (χ4v) is 2.64. The van der Waals surface area contributed by atoms with Crippen LogP contribution >= 0.6 is 0 Å². The molecule has 1 fully saturated rings. The number of hydrogen-bond acceptors (Lipinski definition) is 3. The van der Waals surface area contributed by atoms with E-state index in [1.807, 2.05) is 0 Å². The van der Waals surface area contributed by atoms with E-state index >= 15 is 0 Å². The average Bonchev–Trinajstić information content (AvgIpc) is 2.89. The van der Waals surface area contributed by atoms with Crippen LogP contribution in [0.4, 0.5) is 0 Å². The molecule has 2 bridgehead atoms. The maximum atomic E-state index is 11.9. The molecule has 0 aromatic carbocycles. The maximum Gasteiger partial charge on any atom is 0.328 e. The minimum atomic E-state index is -0.555. The molecule has 1 amide bonds. The molecular weight excluding hydrogens is 206 g/mol. The van der Waals surface area contributed by atoms with Crippen LogP contribution in [0.1, 0.15) is 19.8 Å². The summed E-state index contributed by atoms with van der Waals surface area (Å²) in [5.41, 5.74) is 0. The van der Waals surface area contributed by atoms with Gasteiger partial charge in [0, 0.05) is 5.92 Å². The molecule has 0 saturated heterocycles. The van der Waals surface area contributed by atoms with E-state index in [9.17, 15) is 9.59 Å². The second-order valence-electron chi connectivity index (χ2n) is 4.64. The molecule has 4 atom stereocenters. The van der Waals surface area contributed by atoms with Crippen LogP contribution in [0.2, 0.25) is 0 Å². The summed E-state index contributed by atoms with van der Waals surface area (Å²) in [6, 6.07) is -0.555. The normalized spacial score (nSPS) is 32.5.